The van der Waals surface area contributed by atoms with E-state index in [1.807, 2.05) is 78.2 Å². The molecule has 0 spiro atoms. The van der Waals surface area contributed by atoms with Gasteiger partial charge in [0.2, 0.25) is 5.91 Å². The van der Waals surface area contributed by atoms with Crippen molar-refractivity contribution in [3.8, 4) is 11.5 Å². The maximum Gasteiger partial charge on any atom is 0.251 e. The molecule has 0 atom stereocenters. The zero-order valence-electron chi connectivity index (χ0n) is 16.8. The van der Waals surface area contributed by atoms with E-state index in [2.05, 4.69) is 10.6 Å². The number of para-hydroxylation sites is 3. The van der Waals surface area contributed by atoms with Gasteiger partial charge in [0, 0.05) is 23.2 Å². The minimum absolute atomic E-state index is 0.127. The monoisotopic (exact) mass is 430 g/mol. The molecule has 0 aliphatic carbocycles. The summed E-state index contributed by atoms with van der Waals surface area (Å²) in [5.41, 5.74) is 1.24. The van der Waals surface area contributed by atoms with Crippen LogP contribution in [0.1, 0.15) is 23.2 Å². The fourth-order valence-corrected chi connectivity index (χ4v) is 3.92. The van der Waals surface area contributed by atoms with Gasteiger partial charge in [0.05, 0.1) is 5.69 Å². The Kier molecular flexibility index (Phi) is 6.59. The van der Waals surface area contributed by atoms with E-state index in [9.17, 15) is 9.59 Å². The summed E-state index contributed by atoms with van der Waals surface area (Å²) in [6.45, 7) is 0.427. The largest absolute Gasteiger partial charge is 0.455 e. The SMILES string of the molecule is O=C(CCCNC(=O)c1ccc2sccc2c1)Nc1ccccc1Oc1ccccc1. The molecule has 0 radical (unpaired) electrons. The summed E-state index contributed by atoms with van der Waals surface area (Å²) in [6.07, 6.45) is 0.837. The minimum Gasteiger partial charge on any atom is -0.455 e. The van der Waals surface area contributed by atoms with Crippen molar-refractivity contribution in [3.63, 3.8) is 0 Å². The second-order valence-electron chi connectivity index (χ2n) is 6.99. The highest BCUT2D eigenvalue weighted by molar-refractivity contribution is 7.17. The smallest absolute Gasteiger partial charge is 0.251 e. The minimum atomic E-state index is -0.130. The number of hydrogen-bond donors (Lipinski definition) is 2. The van der Waals surface area contributed by atoms with Gasteiger partial charge in [-0.1, -0.05) is 30.3 Å². The van der Waals surface area contributed by atoms with Crippen LogP contribution in [0, 0.1) is 0 Å². The highest BCUT2D eigenvalue weighted by Crippen LogP contribution is 2.29. The van der Waals surface area contributed by atoms with Crippen molar-refractivity contribution in [2.45, 2.75) is 12.8 Å². The fraction of sp³-hybridized carbons (Fsp3) is 0.120. The van der Waals surface area contributed by atoms with Crippen LogP contribution in [0.25, 0.3) is 10.1 Å². The van der Waals surface area contributed by atoms with Gasteiger partial charge in [0.25, 0.3) is 5.91 Å². The van der Waals surface area contributed by atoms with Gasteiger partial charge in [0.15, 0.2) is 5.75 Å². The Bertz CT molecular complexity index is 1190. The molecule has 4 rings (SSSR count). The average Bonchev–Trinajstić information content (AvgIpc) is 3.26. The summed E-state index contributed by atoms with van der Waals surface area (Å²) in [7, 11) is 0. The van der Waals surface area contributed by atoms with E-state index in [0.29, 0.717) is 42.1 Å². The van der Waals surface area contributed by atoms with E-state index >= 15 is 0 Å². The summed E-state index contributed by atoms with van der Waals surface area (Å²) in [5.74, 6) is 1.03. The highest BCUT2D eigenvalue weighted by Gasteiger charge is 2.10. The number of carbonyl (C=O) groups is 2. The molecule has 1 heterocycles. The third kappa shape index (κ3) is 5.49. The molecule has 0 saturated carbocycles. The van der Waals surface area contributed by atoms with Crippen LogP contribution in [0.4, 0.5) is 5.69 Å². The molecule has 31 heavy (non-hydrogen) atoms. The van der Waals surface area contributed by atoms with Crippen LogP contribution < -0.4 is 15.4 Å². The quantitative estimate of drug-likeness (QED) is 0.345. The molecule has 0 bridgehead atoms. The highest BCUT2D eigenvalue weighted by atomic mass is 32.1. The predicted octanol–water partition coefficient (Wildman–Crippen LogP) is 5.84. The Morgan fingerprint density at radius 3 is 2.58 bits per heavy atom. The van der Waals surface area contributed by atoms with E-state index < -0.39 is 0 Å². The van der Waals surface area contributed by atoms with Gasteiger partial charge in [-0.15, -0.1) is 11.3 Å². The molecular formula is C25H22N2O3S. The number of fused-ring (bicyclic) bond motifs is 1. The van der Waals surface area contributed by atoms with Crippen LogP contribution in [0.2, 0.25) is 0 Å². The molecule has 156 valence electrons. The fourth-order valence-electron chi connectivity index (χ4n) is 3.15. The van der Waals surface area contributed by atoms with Crippen molar-refractivity contribution in [1.29, 1.82) is 0 Å². The van der Waals surface area contributed by atoms with Crippen LogP contribution in [0.5, 0.6) is 11.5 Å². The lowest BCUT2D eigenvalue weighted by molar-refractivity contribution is -0.116. The number of ether oxygens (including phenoxy) is 1. The number of anilines is 1. The third-order valence-corrected chi connectivity index (χ3v) is 5.61. The van der Waals surface area contributed by atoms with Crippen LogP contribution >= 0.6 is 11.3 Å². The summed E-state index contributed by atoms with van der Waals surface area (Å²) < 4.78 is 7.03. The van der Waals surface area contributed by atoms with Crippen LogP contribution in [-0.2, 0) is 4.79 Å². The lowest BCUT2D eigenvalue weighted by atomic mass is 10.1. The predicted molar refractivity (Wildman–Crippen MR) is 125 cm³/mol. The first-order valence-corrected chi connectivity index (χ1v) is 10.9. The van der Waals surface area contributed by atoms with Crippen molar-refractivity contribution in [2.75, 3.05) is 11.9 Å². The van der Waals surface area contributed by atoms with Gasteiger partial charge in [-0.3, -0.25) is 9.59 Å². The Hall–Kier alpha value is -3.64. The van der Waals surface area contributed by atoms with Gasteiger partial charge in [-0.2, -0.15) is 0 Å². The number of carbonyl (C=O) groups excluding carboxylic acids is 2. The summed E-state index contributed by atoms with van der Waals surface area (Å²) >= 11 is 1.65. The van der Waals surface area contributed by atoms with E-state index in [0.717, 1.165) is 10.1 Å². The number of rotatable bonds is 8. The number of thiophene rings is 1. The molecule has 5 nitrogen and oxygen atoms in total. The molecule has 1 aromatic heterocycles. The van der Waals surface area contributed by atoms with Crippen molar-refractivity contribution in [3.05, 3.63) is 89.8 Å². The second-order valence-corrected chi connectivity index (χ2v) is 7.94. The van der Waals surface area contributed by atoms with Gasteiger partial charge in [-0.25, -0.2) is 0 Å². The number of benzene rings is 3. The maximum atomic E-state index is 12.4. The van der Waals surface area contributed by atoms with Crippen LogP contribution in [0.15, 0.2) is 84.2 Å². The molecular weight excluding hydrogens is 408 g/mol. The summed E-state index contributed by atoms with van der Waals surface area (Å²) in [5, 5.41) is 8.84. The first kappa shape index (κ1) is 20.6. The first-order chi connectivity index (χ1) is 15.2. The Morgan fingerprint density at radius 2 is 1.71 bits per heavy atom. The van der Waals surface area contributed by atoms with Crippen molar-refractivity contribution >= 4 is 38.9 Å². The molecule has 6 heteroatoms. The Morgan fingerprint density at radius 1 is 0.903 bits per heavy atom. The van der Waals surface area contributed by atoms with Crippen LogP contribution in [0.3, 0.4) is 0 Å². The Labute approximate surface area is 184 Å². The Balaban J connectivity index is 1.25. The van der Waals surface area contributed by atoms with Crippen molar-refractivity contribution < 1.29 is 14.3 Å². The molecule has 2 amide bonds. The molecule has 0 unspecified atom stereocenters. The van der Waals surface area contributed by atoms with Gasteiger partial charge in [0.1, 0.15) is 5.75 Å². The molecule has 3 aromatic carbocycles. The van der Waals surface area contributed by atoms with Gasteiger partial charge < -0.3 is 15.4 Å². The van der Waals surface area contributed by atoms with Gasteiger partial charge >= 0.3 is 0 Å². The van der Waals surface area contributed by atoms with Crippen LogP contribution in [-0.4, -0.2) is 18.4 Å². The summed E-state index contributed by atoms with van der Waals surface area (Å²) in [6, 6.07) is 24.4. The molecule has 4 aromatic rings. The summed E-state index contributed by atoms with van der Waals surface area (Å²) in [4.78, 5) is 24.7. The zero-order chi connectivity index (χ0) is 21.5. The van der Waals surface area contributed by atoms with Gasteiger partial charge in [-0.05, 0) is 65.7 Å². The van der Waals surface area contributed by atoms with E-state index in [1.165, 1.54) is 0 Å². The lowest BCUT2D eigenvalue weighted by Crippen LogP contribution is -2.25. The van der Waals surface area contributed by atoms with Crippen molar-refractivity contribution in [1.82, 2.24) is 5.32 Å². The van der Waals surface area contributed by atoms with Crippen molar-refractivity contribution in [2.24, 2.45) is 0 Å². The number of hydrogen-bond acceptors (Lipinski definition) is 4. The molecule has 0 saturated heterocycles. The second kappa shape index (κ2) is 9.91. The lowest BCUT2D eigenvalue weighted by Gasteiger charge is -2.12. The molecule has 0 fully saturated rings. The normalized spacial score (nSPS) is 10.6. The molecule has 0 aliphatic rings. The topological polar surface area (TPSA) is 67.4 Å². The standard InChI is InChI=1S/C25H22N2O3S/c28-24(27-21-9-4-5-10-22(21)30-20-7-2-1-3-8-20)11-6-15-26-25(29)19-12-13-23-18(17-19)14-16-31-23/h1-5,7-10,12-14,16-17H,6,11,15H2,(H,26,29)(H,27,28). The first-order valence-electron chi connectivity index (χ1n) is 10.1. The average molecular weight is 431 g/mol. The molecule has 0 aliphatic heterocycles. The van der Waals surface area contributed by atoms with E-state index in [4.69, 9.17) is 4.74 Å². The number of nitrogens with one attached hydrogen (secondary N) is 2. The zero-order valence-corrected chi connectivity index (χ0v) is 17.7. The maximum absolute atomic E-state index is 12.4. The molecule has 2 N–H and O–H groups in total. The van der Waals surface area contributed by atoms with E-state index in [-0.39, 0.29) is 11.8 Å². The van der Waals surface area contributed by atoms with E-state index in [1.54, 1.807) is 17.4 Å². The third-order valence-electron chi connectivity index (χ3n) is 4.71. The number of amides is 2.